The number of benzene rings is 7. The van der Waals surface area contributed by atoms with Crippen LogP contribution in [0.4, 0.5) is 21.0 Å². The minimum atomic E-state index is -0.767. The Bertz CT molecular complexity index is 2310. The molecule has 2 N–H and O–H groups in total. The Balaban J connectivity index is 1.11. The normalized spacial score (nSPS) is 12.1. The van der Waals surface area contributed by atoms with Crippen LogP contribution < -0.4 is 20.1 Å². The lowest BCUT2D eigenvalue weighted by molar-refractivity contribution is 0.0107. The molecule has 294 valence electrons. The van der Waals surface area contributed by atoms with Crippen molar-refractivity contribution < 1.29 is 38.0 Å². The molecule has 10 heteroatoms. The van der Waals surface area contributed by atoms with Gasteiger partial charge in [-0.05, 0) is 22.9 Å². The second kappa shape index (κ2) is 19.3. The lowest BCUT2D eigenvalue weighted by Crippen LogP contribution is -2.32. The van der Waals surface area contributed by atoms with Crippen LogP contribution in [-0.4, -0.2) is 64.0 Å². The second-order valence-corrected chi connectivity index (χ2v) is 13.4. The average Bonchev–Trinajstić information content (AvgIpc) is 3.25. The maximum absolute atomic E-state index is 13.3. The number of anilines is 2. The summed E-state index contributed by atoms with van der Waals surface area (Å²) in [6, 6.07) is 42.4. The molecule has 0 aliphatic heterocycles. The number of fused-ring (bicyclic) bond motifs is 4. The molecular formula is C48H44N2O8. The number of nitrogens with one attached hydrogen (secondary N) is 2. The zero-order valence-electron chi connectivity index (χ0n) is 31.9. The summed E-state index contributed by atoms with van der Waals surface area (Å²) in [6.45, 7) is 8.16. The summed E-state index contributed by atoms with van der Waals surface area (Å²) in [7, 11) is 0. The Morgan fingerprint density at radius 1 is 0.466 bits per heavy atom. The third kappa shape index (κ3) is 9.55. The van der Waals surface area contributed by atoms with Crippen LogP contribution in [0, 0.1) is 0 Å². The number of hydrogen-bond donors (Lipinski definition) is 2. The fraction of sp³-hybridized carbons (Fsp3) is 0.167. The van der Waals surface area contributed by atoms with Crippen LogP contribution in [0.25, 0.3) is 43.1 Å². The van der Waals surface area contributed by atoms with E-state index in [4.69, 9.17) is 28.4 Å². The van der Waals surface area contributed by atoms with Crippen molar-refractivity contribution in [1.82, 2.24) is 0 Å². The van der Waals surface area contributed by atoms with Gasteiger partial charge in [0.2, 0.25) is 0 Å². The average molecular weight is 777 g/mol. The predicted octanol–water partition coefficient (Wildman–Crippen LogP) is 10.7. The quantitative estimate of drug-likeness (QED) is 0.0503. The summed E-state index contributed by atoms with van der Waals surface area (Å²) in [5, 5.41) is 12.6. The maximum Gasteiger partial charge on any atom is 0.412 e. The van der Waals surface area contributed by atoms with Gasteiger partial charge in [-0.1, -0.05) is 133 Å². The predicted molar refractivity (Wildman–Crippen MR) is 230 cm³/mol. The van der Waals surface area contributed by atoms with Gasteiger partial charge in [0.1, 0.15) is 24.7 Å². The zero-order valence-corrected chi connectivity index (χ0v) is 31.9. The number of carbonyl (C=O) groups excluding carboxylic acids is 2. The standard InChI is InChI=1S/C48H44N2O8/c1-3-27-53-29-35(57-47(51)49-43-25-13-17-33-15-5-7-19-37(33)43)31-55-45-39-21-9-11-23-41(39)46(42-24-12-10-22-40(42)45)56-32-36(30-54-28-4-2)58-48(52)50-44-26-14-18-34-16-6-8-20-38(34)44/h3-26,35-36H,1-2,27-32H2,(H,49,51)(H,50,52). The lowest BCUT2D eigenvalue weighted by Gasteiger charge is -2.23. The molecule has 0 aliphatic rings. The molecule has 0 aromatic heterocycles. The molecular weight excluding hydrogens is 733 g/mol. The highest BCUT2D eigenvalue weighted by Gasteiger charge is 2.23. The Kier molecular flexibility index (Phi) is 13.1. The van der Waals surface area contributed by atoms with Crippen molar-refractivity contribution in [3.63, 3.8) is 0 Å². The molecule has 0 saturated carbocycles. The van der Waals surface area contributed by atoms with Crippen molar-refractivity contribution >= 4 is 66.7 Å². The molecule has 0 radical (unpaired) electrons. The lowest BCUT2D eigenvalue weighted by atomic mass is 10.0. The Morgan fingerprint density at radius 2 is 0.810 bits per heavy atom. The molecule has 58 heavy (non-hydrogen) atoms. The van der Waals surface area contributed by atoms with Gasteiger partial charge < -0.3 is 28.4 Å². The van der Waals surface area contributed by atoms with Crippen molar-refractivity contribution in [2.45, 2.75) is 12.2 Å². The summed E-state index contributed by atoms with van der Waals surface area (Å²) in [5.74, 6) is 1.17. The minimum absolute atomic E-state index is 0.00331. The van der Waals surface area contributed by atoms with Gasteiger partial charge in [0.15, 0.2) is 12.2 Å². The van der Waals surface area contributed by atoms with Crippen LogP contribution in [0.15, 0.2) is 159 Å². The molecule has 2 unspecified atom stereocenters. The molecule has 0 heterocycles. The van der Waals surface area contributed by atoms with Crippen LogP contribution >= 0.6 is 0 Å². The summed E-state index contributed by atoms with van der Waals surface area (Å²) >= 11 is 0. The topological polar surface area (TPSA) is 114 Å². The zero-order chi connectivity index (χ0) is 40.1. The van der Waals surface area contributed by atoms with Gasteiger partial charge in [-0.3, -0.25) is 10.6 Å². The van der Waals surface area contributed by atoms with E-state index in [-0.39, 0.29) is 39.6 Å². The van der Waals surface area contributed by atoms with Crippen LogP contribution in [0.3, 0.4) is 0 Å². The number of carbonyl (C=O) groups is 2. The molecule has 0 aliphatic carbocycles. The van der Waals surface area contributed by atoms with Crippen molar-refractivity contribution in [3.05, 3.63) is 159 Å². The molecule has 2 atom stereocenters. The molecule has 10 nitrogen and oxygen atoms in total. The molecule has 2 amide bonds. The van der Waals surface area contributed by atoms with Gasteiger partial charge in [0.25, 0.3) is 0 Å². The van der Waals surface area contributed by atoms with Gasteiger partial charge in [0, 0.05) is 32.3 Å². The molecule has 0 bridgehead atoms. The van der Waals surface area contributed by atoms with E-state index in [1.807, 2.05) is 133 Å². The minimum Gasteiger partial charge on any atom is -0.488 e. The van der Waals surface area contributed by atoms with Crippen LogP contribution in [0.1, 0.15) is 0 Å². The first-order chi connectivity index (χ1) is 28.5. The molecule has 0 spiro atoms. The number of hydrogen-bond acceptors (Lipinski definition) is 8. The number of rotatable bonds is 18. The van der Waals surface area contributed by atoms with Gasteiger partial charge in [0.05, 0.1) is 37.8 Å². The fourth-order valence-corrected chi connectivity index (χ4v) is 6.76. The van der Waals surface area contributed by atoms with E-state index in [1.165, 1.54) is 0 Å². The second-order valence-electron chi connectivity index (χ2n) is 13.4. The molecule has 7 aromatic rings. The summed E-state index contributed by atoms with van der Waals surface area (Å²) in [6.07, 6.45) is 0.461. The summed E-state index contributed by atoms with van der Waals surface area (Å²) in [4.78, 5) is 26.5. The maximum atomic E-state index is 13.3. The Labute approximate surface area is 336 Å². The molecule has 7 aromatic carbocycles. The van der Waals surface area contributed by atoms with E-state index in [1.54, 1.807) is 12.2 Å². The Morgan fingerprint density at radius 3 is 1.19 bits per heavy atom. The van der Waals surface area contributed by atoms with Gasteiger partial charge >= 0.3 is 12.2 Å². The van der Waals surface area contributed by atoms with Crippen molar-refractivity contribution in [2.24, 2.45) is 0 Å². The fourth-order valence-electron chi connectivity index (χ4n) is 6.76. The van der Waals surface area contributed by atoms with E-state index in [0.717, 1.165) is 43.1 Å². The van der Waals surface area contributed by atoms with Crippen LogP contribution in [0.5, 0.6) is 11.5 Å². The SMILES string of the molecule is C=CCOCC(COc1c2ccccc2c(OCC(COCC=C)OC(=O)Nc2cccc3ccccc23)c2ccccc12)OC(=O)Nc1cccc2ccccc12. The van der Waals surface area contributed by atoms with Crippen molar-refractivity contribution in [1.29, 1.82) is 0 Å². The van der Waals surface area contributed by atoms with Crippen LogP contribution in [0.2, 0.25) is 0 Å². The highest BCUT2D eigenvalue weighted by molar-refractivity contribution is 6.11. The monoisotopic (exact) mass is 776 g/mol. The number of amides is 2. The first-order valence-corrected chi connectivity index (χ1v) is 19.0. The van der Waals surface area contributed by atoms with E-state index in [2.05, 4.69) is 23.8 Å². The highest BCUT2D eigenvalue weighted by atomic mass is 16.6. The largest absolute Gasteiger partial charge is 0.488 e. The van der Waals surface area contributed by atoms with Gasteiger partial charge in [-0.15, -0.1) is 13.2 Å². The van der Waals surface area contributed by atoms with Crippen LogP contribution in [-0.2, 0) is 18.9 Å². The first kappa shape index (κ1) is 39.4. The van der Waals surface area contributed by atoms with Gasteiger partial charge in [-0.2, -0.15) is 0 Å². The third-order valence-corrected chi connectivity index (χ3v) is 9.34. The van der Waals surface area contributed by atoms with Crippen molar-refractivity contribution in [3.8, 4) is 11.5 Å². The molecule has 7 rings (SSSR count). The summed E-state index contributed by atoms with van der Waals surface area (Å²) in [5.41, 5.74) is 1.26. The molecule has 0 saturated heterocycles. The van der Waals surface area contributed by atoms with Gasteiger partial charge in [-0.25, -0.2) is 9.59 Å². The Hall–Kier alpha value is -6.88. The van der Waals surface area contributed by atoms with Crippen molar-refractivity contribution in [2.75, 3.05) is 50.3 Å². The number of ether oxygens (including phenoxy) is 6. The van der Waals surface area contributed by atoms with E-state index >= 15 is 0 Å². The highest BCUT2D eigenvalue weighted by Crippen LogP contribution is 2.43. The van der Waals surface area contributed by atoms with E-state index in [9.17, 15) is 9.59 Å². The van der Waals surface area contributed by atoms with E-state index in [0.29, 0.717) is 22.9 Å². The van der Waals surface area contributed by atoms with E-state index < -0.39 is 24.4 Å². The third-order valence-electron chi connectivity index (χ3n) is 9.34. The smallest absolute Gasteiger partial charge is 0.412 e. The first-order valence-electron chi connectivity index (χ1n) is 19.0. The molecule has 0 fully saturated rings. The summed E-state index contributed by atoms with van der Waals surface area (Å²) < 4.78 is 36.4.